The second-order valence-corrected chi connectivity index (χ2v) is 8.08. The molecule has 202 valence electrons. The molecule has 0 spiro atoms. The molecule has 0 amide bonds. The number of nitrogens with two attached hydrogens (primary N) is 1. The molecule has 0 aliphatic carbocycles. The Labute approximate surface area is 210 Å². The van der Waals surface area contributed by atoms with Crippen molar-refractivity contribution in [2.24, 2.45) is 0 Å². The van der Waals surface area contributed by atoms with Gasteiger partial charge in [-0.05, 0) is 38.4 Å². The third kappa shape index (κ3) is 5.60. The van der Waals surface area contributed by atoms with E-state index in [0.717, 1.165) is 6.92 Å². The Morgan fingerprint density at radius 1 is 1.08 bits per heavy atom. The van der Waals surface area contributed by atoms with E-state index in [9.17, 15) is 17.6 Å². The van der Waals surface area contributed by atoms with Gasteiger partial charge >= 0.3 is 12.2 Å². The Morgan fingerprint density at radius 2 is 1.78 bits per heavy atom. The van der Waals surface area contributed by atoms with E-state index < -0.39 is 52.0 Å². The average molecular weight is 529 g/mol. The van der Waals surface area contributed by atoms with Crippen molar-refractivity contribution >= 4 is 22.4 Å². The molecule has 1 unspecified atom stereocenters. The van der Waals surface area contributed by atoms with E-state index in [0.29, 0.717) is 32.1 Å². The topological polar surface area (TPSA) is 107 Å². The maximum absolute atomic E-state index is 15.9. The maximum atomic E-state index is 15.9. The quantitative estimate of drug-likeness (QED) is 0.312. The molecule has 0 saturated carbocycles. The number of hydrogen-bond donors (Lipinski definition) is 3. The van der Waals surface area contributed by atoms with Crippen molar-refractivity contribution in [3.8, 4) is 23.1 Å². The Hall–Kier alpha value is -3.48. The first kappa shape index (κ1) is 28.1. The number of methoxy groups -OCH3 is 1. The van der Waals surface area contributed by atoms with Crippen LogP contribution < -0.4 is 25.8 Å². The molecule has 13 heteroatoms. The number of hydrogen-bond acceptors (Lipinski definition) is 8. The summed E-state index contributed by atoms with van der Waals surface area (Å²) in [5.74, 6) is -2.47. The second kappa shape index (κ2) is 11.3. The fourth-order valence-corrected chi connectivity index (χ4v) is 3.92. The molecule has 0 bridgehead atoms. The minimum absolute atomic E-state index is 0.0427. The normalized spacial score (nSPS) is 16.1. The number of aromatic nitrogens is 3. The molecule has 1 aliphatic heterocycles. The van der Waals surface area contributed by atoms with Crippen molar-refractivity contribution < 1.29 is 31.4 Å². The van der Waals surface area contributed by atoms with Crippen LogP contribution >= 0.6 is 0 Å². The molecule has 2 aromatic heterocycles. The van der Waals surface area contributed by atoms with Crippen LogP contribution in [0.2, 0.25) is 0 Å². The van der Waals surface area contributed by atoms with E-state index in [1.165, 1.54) is 7.11 Å². The van der Waals surface area contributed by atoms with Gasteiger partial charge in [0.05, 0.1) is 24.5 Å². The number of pyridine rings is 1. The standard InChI is InChI=1S/C22H23F5N6O2.C2H6/c1-9-4-5-29-6-7-30-19-13-18(32-21(33-19)34-3)16(24)17(31-20(13)35-9)11-8-12(28)15(23)10(2)14(11)22(25,26)27;1-2/h8-9,29H,4-7,28H2,1-3H3,(H,30,32,33);1-2H3. The van der Waals surface area contributed by atoms with Crippen molar-refractivity contribution in [3.63, 3.8) is 0 Å². The molecule has 0 radical (unpaired) electrons. The van der Waals surface area contributed by atoms with Gasteiger partial charge < -0.3 is 25.8 Å². The highest BCUT2D eigenvalue weighted by Crippen LogP contribution is 2.44. The number of alkyl halides is 3. The summed E-state index contributed by atoms with van der Waals surface area (Å²) in [6.07, 6.45) is -4.92. The number of anilines is 2. The molecule has 4 N–H and O–H groups in total. The monoisotopic (exact) mass is 528 g/mol. The van der Waals surface area contributed by atoms with E-state index in [-0.39, 0.29) is 28.6 Å². The molecule has 0 saturated heterocycles. The third-order valence-corrected chi connectivity index (χ3v) is 5.61. The van der Waals surface area contributed by atoms with Crippen molar-refractivity contribution in [2.45, 2.75) is 46.4 Å². The molecule has 1 aromatic carbocycles. The van der Waals surface area contributed by atoms with Crippen LogP contribution in [0.25, 0.3) is 22.2 Å². The summed E-state index contributed by atoms with van der Waals surface area (Å²) >= 11 is 0. The number of ether oxygens (including phenoxy) is 2. The summed E-state index contributed by atoms with van der Waals surface area (Å²) in [4.78, 5) is 12.4. The first-order chi connectivity index (χ1) is 17.5. The molecule has 37 heavy (non-hydrogen) atoms. The lowest BCUT2D eigenvalue weighted by molar-refractivity contribution is -0.137. The minimum atomic E-state index is -5.02. The summed E-state index contributed by atoms with van der Waals surface area (Å²) in [6, 6.07) is 0.495. The predicted octanol–water partition coefficient (Wildman–Crippen LogP) is 5.09. The molecule has 8 nitrogen and oxygen atoms in total. The summed E-state index contributed by atoms with van der Waals surface area (Å²) in [5.41, 5.74) is 1.04. The van der Waals surface area contributed by atoms with Gasteiger partial charge in [0, 0.05) is 18.7 Å². The number of nitrogens with zero attached hydrogens (tertiary/aromatic N) is 3. The fourth-order valence-electron chi connectivity index (χ4n) is 3.92. The first-order valence-electron chi connectivity index (χ1n) is 11.8. The van der Waals surface area contributed by atoms with Gasteiger partial charge in [0.15, 0.2) is 5.82 Å². The molecule has 1 aliphatic rings. The molecule has 3 aromatic rings. The Bertz CT molecular complexity index is 1290. The van der Waals surface area contributed by atoms with Crippen LogP contribution in [-0.4, -0.2) is 47.8 Å². The number of nitrogen functional groups attached to an aromatic ring is 1. The summed E-state index contributed by atoms with van der Waals surface area (Å²) < 4.78 is 83.3. The summed E-state index contributed by atoms with van der Waals surface area (Å²) in [5, 5.41) is 6.28. The van der Waals surface area contributed by atoms with Gasteiger partial charge in [-0.25, -0.2) is 13.8 Å². The van der Waals surface area contributed by atoms with Crippen LogP contribution in [0.3, 0.4) is 0 Å². The van der Waals surface area contributed by atoms with Gasteiger partial charge in [-0.1, -0.05) is 13.8 Å². The van der Waals surface area contributed by atoms with Crippen LogP contribution in [0.15, 0.2) is 6.07 Å². The summed E-state index contributed by atoms with van der Waals surface area (Å²) in [6.45, 7) is 8.23. The number of benzene rings is 1. The van der Waals surface area contributed by atoms with Crippen molar-refractivity contribution in [1.29, 1.82) is 0 Å². The van der Waals surface area contributed by atoms with Crippen LogP contribution in [0, 0.1) is 18.6 Å². The molecule has 0 fully saturated rings. The van der Waals surface area contributed by atoms with Gasteiger partial charge in [-0.15, -0.1) is 0 Å². The van der Waals surface area contributed by atoms with Gasteiger partial charge in [0.2, 0.25) is 5.88 Å². The van der Waals surface area contributed by atoms with Crippen LogP contribution in [0.5, 0.6) is 11.9 Å². The molecule has 4 rings (SSSR count). The molecular formula is C24H29F5N6O2. The van der Waals surface area contributed by atoms with Crippen molar-refractivity contribution in [3.05, 3.63) is 28.8 Å². The third-order valence-electron chi connectivity index (χ3n) is 5.61. The van der Waals surface area contributed by atoms with E-state index in [2.05, 4.69) is 25.6 Å². The van der Waals surface area contributed by atoms with Crippen LogP contribution in [0.4, 0.5) is 33.5 Å². The predicted molar refractivity (Wildman–Crippen MR) is 131 cm³/mol. The SMILES string of the molecule is CC.COc1nc2c3c(nc(-c4cc(N)c(F)c(C)c4C(F)(F)F)c(F)c3n1)OC(C)CCNCCN2. The Morgan fingerprint density at radius 3 is 2.43 bits per heavy atom. The minimum Gasteiger partial charge on any atom is -0.474 e. The largest absolute Gasteiger partial charge is 0.474 e. The lowest BCUT2D eigenvalue weighted by Crippen LogP contribution is -2.26. The molecule has 1 atom stereocenters. The Kier molecular flexibility index (Phi) is 8.57. The smallest absolute Gasteiger partial charge is 0.417 e. The average Bonchev–Trinajstić information content (AvgIpc) is 2.88. The van der Waals surface area contributed by atoms with Gasteiger partial charge in [-0.3, -0.25) is 0 Å². The highest BCUT2D eigenvalue weighted by atomic mass is 19.4. The van der Waals surface area contributed by atoms with Crippen molar-refractivity contribution in [2.75, 3.05) is 37.8 Å². The fraction of sp³-hybridized carbons (Fsp3) is 0.458. The van der Waals surface area contributed by atoms with E-state index >= 15 is 4.39 Å². The highest BCUT2D eigenvalue weighted by Gasteiger charge is 2.39. The summed E-state index contributed by atoms with van der Waals surface area (Å²) in [7, 11) is 1.27. The van der Waals surface area contributed by atoms with E-state index in [4.69, 9.17) is 15.2 Å². The van der Waals surface area contributed by atoms with Gasteiger partial charge in [0.25, 0.3) is 0 Å². The highest BCUT2D eigenvalue weighted by molar-refractivity contribution is 5.96. The first-order valence-corrected chi connectivity index (χ1v) is 11.8. The van der Waals surface area contributed by atoms with Gasteiger partial charge in [-0.2, -0.15) is 23.1 Å². The zero-order chi connectivity index (χ0) is 27.5. The number of rotatable bonds is 2. The zero-order valence-electron chi connectivity index (χ0n) is 21.1. The maximum Gasteiger partial charge on any atom is 0.417 e. The van der Waals surface area contributed by atoms with Crippen LogP contribution in [0.1, 0.15) is 38.3 Å². The number of nitrogens with one attached hydrogen (secondary N) is 2. The Balaban J connectivity index is 0.00000186. The molecule has 3 heterocycles. The lowest BCUT2D eigenvalue weighted by atomic mass is 9.96. The zero-order valence-corrected chi connectivity index (χ0v) is 21.1. The lowest BCUT2D eigenvalue weighted by Gasteiger charge is -2.21. The second-order valence-electron chi connectivity index (χ2n) is 8.08. The van der Waals surface area contributed by atoms with Crippen molar-refractivity contribution in [1.82, 2.24) is 20.3 Å². The van der Waals surface area contributed by atoms with Crippen LogP contribution in [-0.2, 0) is 6.18 Å². The number of halogens is 5. The van der Waals surface area contributed by atoms with Gasteiger partial charge in [0.1, 0.15) is 28.2 Å². The van der Waals surface area contributed by atoms with E-state index in [1.807, 2.05) is 13.8 Å². The van der Waals surface area contributed by atoms with E-state index in [1.54, 1.807) is 6.92 Å². The molecular weight excluding hydrogens is 499 g/mol.